The minimum Gasteiger partial charge on any atom is -0.324 e. The van der Waals surface area contributed by atoms with E-state index in [4.69, 9.17) is 14.6 Å². The third-order valence-corrected chi connectivity index (χ3v) is 2.83. The van der Waals surface area contributed by atoms with Crippen molar-refractivity contribution in [3.63, 3.8) is 0 Å². The quantitative estimate of drug-likeness (QED) is 0.580. The van der Waals surface area contributed by atoms with E-state index < -0.39 is 19.1 Å². The van der Waals surface area contributed by atoms with Gasteiger partial charge in [-0.25, -0.2) is 5.48 Å². The molecule has 0 aliphatic rings. The largest absolute Gasteiger partial charge is 0.329 e. The lowest BCUT2D eigenvalue weighted by atomic mass is 10.1. The molecule has 7 heteroatoms. The van der Waals surface area contributed by atoms with Gasteiger partial charge < -0.3 is 9.79 Å². The van der Waals surface area contributed by atoms with Crippen molar-refractivity contribution < 1.29 is 24.0 Å². The molecule has 0 spiro atoms. The SMILES string of the molecule is CC(C)(C)ONC(=O)c1ccc(CP(=O)(O)O)cc1. The third-order valence-electron chi connectivity index (χ3n) is 2.05. The summed E-state index contributed by atoms with van der Waals surface area (Å²) in [5.74, 6) is -0.405. The van der Waals surface area contributed by atoms with Gasteiger partial charge in [0.2, 0.25) is 0 Å². The first-order chi connectivity index (χ1) is 8.57. The van der Waals surface area contributed by atoms with Crippen LogP contribution in [0.2, 0.25) is 0 Å². The summed E-state index contributed by atoms with van der Waals surface area (Å²) in [5, 5.41) is 0. The number of hydroxylamine groups is 1. The van der Waals surface area contributed by atoms with Gasteiger partial charge in [0.25, 0.3) is 5.91 Å². The van der Waals surface area contributed by atoms with Crippen molar-refractivity contribution in [3.8, 4) is 0 Å². The molecule has 0 radical (unpaired) electrons. The van der Waals surface area contributed by atoms with Crippen LogP contribution in [-0.2, 0) is 15.6 Å². The number of amides is 1. The molecule has 3 N–H and O–H groups in total. The summed E-state index contributed by atoms with van der Waals surface area (Å²) < 4.78 is 10.8. The molecule has 0 aromatic heterocycles. The Morgan fingerprint density at radius 1 is 1.26 bits per heavy atom. The summed E-state index contributed by atoms with van der Waals surface area (Å²) in [6.45, 7) is 5.41. The second-order valence-corrected chi connectivity index (χ2v) is 6.81. The Labute approximate surface area is 111 Å². The minimum atomic E-state index is -4.09. The van der Waals surface area contributed by atoms with Crippen molar-refractivity contribution in [1.29, 1.82) is 0 Å². The molecule has 1 rings (SSSR count). The highest BCUT2D eigenvalue weighted by Crippen LogP contribution is 2.38. The lowest BCUT2D eigenvalue weighted by Gasteiger charge is -2.18. The van der Waals surface area contributed by atoms with Crippen LogP contribution in [0.5, 0.6) is 0 Å². The van der Waals surface area contributed by atoms with E-state index in [-0.39, 0.29) is 6.16 Å². The van der Waals surface area contributed by atoms with Gasteiger partial charge in [0.1, 0.15) is 0 Å². The average molecular weight is 287 g/mol. The van der Waals surface area contributed by atoms with Crippen LogP contribution >= 0.6 is 7.60 Å². The van der Waals surface area contributed by atoms with Crippen LogP contribution in [0, 0.1) is 0 Å². The van der Waals surface area contributed by atoms with Crippen molar-refractivity contribution >= 4 is 13.5 Å². The lowest BCUT2D eigenvalue weighted by Crippen LogP contribution is -2.33. The molecule has 0 unspecified atom stereocenters. The van der Waals surface area contributed by atoms with Crippen LogP contribution in [0.25, 0.3) is 0 Å². The highest BCUT2D eigenvalue weighted by Gasteiger charge is 2.16. The maximum atomic E-state index is 11.7. The molecule has 0 bridgehead atoms. The van der Waals surface area contributed by atoms with Crippen LogP contribution in [0.3, 0.4) is 0 Å². The fourth-order valence-corrected chi connectivity index (χ4v) is 1.94. The van der Waals surface area contributed by atoms with Crippen molar-refractivity contribution in [2.24, 2.45) is 0 Å². The first-order valence-electron chi connectivity index (χ1n) is 5.69. The Morgan fingerprint density at radius 3 is 2.21 bits per heavy atom. The van der Waals surface area contributed by atoms with E-state index in [2.05, 4.69) is 5.48 Å². The van der Waals surface area contributed by atoms with Crippen molar-refractivity contribution in [3.05, 3.63) is 35.4 Å². The number of carbonyl (C=O) groups is 1. The molecule has 1 aromatic rings. The summed E-state index contributed by atoms with van der Waals surface area (Å²) in [4.78, 5) is 34.5. The molecule has 0 atom stereocenters. The summed E-state index contributed by atoms with van der Waals surface area (Å²) in [6.07, 6.45) is -0.340. The number of carbonyl (C=O) groups excluding carboxylic acids is 1. The molecule has 0 heterocycles. The predicted molar refractivity (Wildman–Crippen MR) is 70.5 cm³/mol. The maximum absolute atomic E-state index is 11.7. The van der Waals surface area contributed by atoms with Crippen molar-refractivity contribution in [2.75, 3.05) is 0 Å². The maximum Gasteiger partial charge on any atom is 0.329 e. The van der Waals surface area contributed by atoms with Gasteiger partial charge in [-0.15, -0.1) is 0 Å². The van der Waals surface area contributed by atoms with Gasteiger partial charge >= 0.3 is 7.60 Å². The van der Waals surface area contributed by atoms with Crippen LogP contribution in [0.15, 0.2) is 24.3 Å². The van der Waals surface area contributed by atoms with E-state index in [1.165, 1.54) is 24.3 Å². The number of hydrogen-bond donors (Lipinski definition) is 3. The fourth-order valence-electron chi connectivity index (χ4n) is 1.26. The second kappa shape index (κ2) is 5.84. The van der Waals surface area contributed by atoms with E-state index in [1.54, 1.807) is 20.8 Å². The van der Waals surface area contributed by atoms with E-state index in [0.29, 0.717) is 11.1 Å². The van der Waals surface area contributed by atoms with Gasteiger partial charge in [0, 0.05) is 5.56 Å². The van der Waals surface area contributed by atoms with Crippen LogP contribution in [0.1, 0.15) is 36.7 Å². The smallest absolute Gasteiger partial charge is 0.324 e. The fraction of sp³-hybridized carbons (Fsp3) is 0.417. The predicted octanol–water partition coefficient (Wildman–Crippen LogP) is 1.82. The van der Waals surface area contributed by atoms with Crippen LogP contribution in [0.4, 0.5) is 0 Å². The molecule has 0 saturated heterocycles. The number of nitrogens with one attached hydrogen (secondary N) is 1. The monoisotopic (exact) mass is 287 g/mol. The first kappa shape index (κ1) is 15.9. The van der Waals surface area contributed by atoms with Crippen LogP contribution < -0.4 is 5.48 Å². The Bertz CT molecular complexity index is 486. The average Bonchev–Trinajstić information content (AvgIpc) is 2.23. The van der Waals surface area contributed by atoms with Gasteiger partial charge in [-0.05, 0) is 38.5 Å². The molecular formula is C12H18NO5P. The second-order valence-electron chi connectivity index (χ2n) is 5.17. The van der Waals surface area contributed by atoms with E-state index in [1.807, 2.05) is 0 Å². The van der Waals surface area contributed by atoms with Crippen molar-refractivity contribution in [1.82, 2.24) is 5.48 Å². The Hall–Kier alpha value is -1.20. The summed E-state index contributed by atoms with van der Waals surface area (Å²) in [7, 11) is -4.09. The molecule has 0 aliphatic heterocycles. The molecule has 0 fully saturated rings. The number of benzene rings is 1. The Morgan fingerprint density at radius 2 is 1.79 bits per heavy atom. The zero-order valence-corrected chi connectivity index (χ0v) is 12.0. The molecule has 6 nitrogen and oxygen atoms in total. The zero-order chi connectivity index (χ0) is 14.7. The first-order valence-corrected chi connectivity index (χ1v) is 7.48. The van der Waals surface area contributed by atoms with Gasteiger partial charge in [-0.2, -0.15) is 0 Å². The highest BCUT2D eigenvalue weighted by molar-refractivity contribution is 7.50. The zero-order valence-electron chi connectivity index (χ0n) is 11.1. The standard InChI is InChI=1S/C12H18NO5P/c1-12(2,3)18-13-11(14)10-6-4-9(5-7-10)8-19(15,16)17/h4-7H,8H2,1-3H3,(H,13,14)(H2,15,16,17). The molecule has 0 aliphatic carbocycles. The van der Waals surface area contributed by atoms with Gasteiger partial charge in [-0.3, -0.25) is 14.2 Å². The Kier molecular flexibility index (Phi) is 4.87. The van der Waals surface area contributed by atoms with E-state index >= 15 is 0 Å². The summed E-state index contributed by atoms with van der Waals surface area (Å²) in [5.41, 5.74) is 2.66. The van der Waals surface area contributed by atoms with Gasteiger partial charge in [0.15, 0.2) is 0 Å². The molecule has 1 amide bonds. The normalized spacial score (nSPS) is 12.3. The van der Waals surface area contributed by atoms with E-state index in [9.17, 15) is 9.36 Å². The Balaban J connectivity index is 2.66. The number of rotatable bonds is 4. The summed E-state index contributed by atoms with van der Waals surface area (Å²) in [6, 6.07) is 5.99. The minimum absolute atomic E-state index is 0.340. The van der Waals surface area contributed by atoms with Crippen molar-refractivity contribution in [2.45, 2.75) is 32.5 Å². The highest BCUT2D eigenvalue weighted by atomic mass is 31.2. The van der Waals surface area contributed by atoms with Gasteiger partial charge in [-0.1, -0.05) is 12.1 Å². The lowest BCUT2D eigenvalue weighted by molar-refractivity contribution is -0.0589. The molecule has 106 valence electrons. The topological polar surface area (TPSA) is 95.9 Å². The van der Waals surface area contributed by atoms with Crippen LogP contribution in [-0.4, -0.2) is 21.3 Å². The molecule has 1 aromatic carbocycles. The molecule has 19 heavy (non-hydrogen) atoms. The molecule has 0 saturated carbocycles. The third kappa shape index (κ3) is 6.50. The number of hydrogen-bond acceptors (Lipinski definition) is 3. The summed E-state index contributed by atoms with van der Waals surface area (Å²) >= 11 is 0. The molecular weight excluding hydrogens is 269 g/mol. The van der Waals surface area contributed by atoms with E-state index in [0.717, 1.165) is 0 Å². The van der Waals surface area contributed by atoms with Gasteiger partial charge in [0.05, 0.1) is 11.8 Å².